The molecule has 0 aliphatic carbocycles. The van der Waals surface area contributed by atoms with E-state index in [4.69, 9.17) is 0 Å². The van der Waals surface area contributed by atoms with Crippen LogP contribution in [0, 0.1) is 0 Å². The first-order chi connectivity index (χ1) is 21.7. The summed E-state index contributed by atoms with van der Waals surface area (Å²) < 4.78 is 2.32. The van der Waals surface area contributed by atoms with Crippen molar-refractivity contribution in [3.8, 4) is 22.3 Å². The van der Waals surface area contributed by atoms with Crippen LogP contribution in [0.3, 0.4) is 0 Å². The lowest BCUT2D eigenvalue weighted by molar-refractivity contribution is 1.03. The highest BCUT2D eigenvalue weighted by Gasteiger charge is 2.36. The van der Waals surface area contributed by atoms with Crippen molar-refractivity contribution in [3.05, 3.63) is 188 Å². The quantitative estimate of drug-likeness (QED) is 0.147. The largest absolute Gasteiger partial charge is 0.317 e. The summed E-state index contributed by atoms with van der Waals surface area (Å²) >= 11 is 0. The molecule has 0 spiro atoms. The molecule has 210 valence electrons. The van der Waals surface area contributed by atoms with Gasteiger partial charge in [-0.3, -0.25) is 0 Å². The summed E-state index contributed by atoms with van der Waals surface area (Å²) in [6.45, 7) is 6.48. The van der Waals surface area contributed by atoms with Crippen LogP contribution >= 0.6 is 0 Å². The fourth-order valence-corrected chi connectivity index (χ4v) is 5.92. The fraction of sp³-hybridized carbons (Fsp3) is 0.0238. The summed E-state index contributed by atoms with van der Waals surface area (Å²) in [6, 6.07) is 43.3. The molecule has 2 aliphatic heterocycles. The lowest BCUT2D eigenvalue weighted by Gasteiger charge is -2.26. The predicted molar refractivity (Wildman–Crippen MR) is 189 cm³/mol. The molecule has 44 heavy (non-hydrogen) atoms. The van der Waals surface area contributed by atoms with E-state index in [1.807, 2.05) is 6.92 Å². The summed E-state index contributed by atoms with van der Waals surface area (Å²) in [5, 5.41) is 0. The van der Waals surface area contributed by atoms with E-state index >= 15 is 0 Å². The Hall–Kier alpha value is -5.73. The molecule has 0 amide bonds. The molecule has 0 saturated heterocycles. The zero-order valence-electron chi connectivity index (χ0n) is 24.8. The standard InChI is InChI=1S/C42H33N2/c1-3-4-7-19-41-39-30-35(23-27-42(39)44(41)37-17-10-6-11-18-37)34-22-26-40-38(29-34)31(2)14-12-13-28-43(40)36-24-20-33(21-25-36)32-15-8-5-9-16-32/h3-30H,2H2,1H3/q+1/b4-3-,14-12-,19-7-,28-13-. The van der Waals surface area contributed by atoms with E-state index in [1.165, 1.54) is 44.9 Å². The van der Waals surface area contributed by atoms with Crippen molar-refractivity contribution in [1.82, 2.24) is 4.58 Å². The van der Waals surface area contributed by atoms with Crippen LogP contribution in [0.25, 0.3) is 27.8 Å². The minimum atomic E-state index is 0.984. The molecule has 0 radical (unpaired) electrons. The SMILES string of the molecule is C=C1/C=C\C=C/N(c2ccc(-c3ccccc3)cc2)c2ccc(-c3ccc4c(c3)C(/C=C\C=C/C)=[N+]4c3ccccc3)cc21. The van der Waals surface area contributed by atoms with Crippen LogP contribution < -0.4 is 9.48 Å². The van der Waals surface area contributed by atoms with Crippen molar-refractivity contribution >= 4 is 34.0 Å². The van der Waals surface area contributed by atoms with Gasteiger partial charge in [-0.15, -0.1) is 0 Å². The molecule has 0 unspecified atom stereocenters. The van der Waals surface area contributed by atoms with Crippen molar-refractivity contribution < 1.29 is 0 Å². The van der Waals surface area contributed by atoms with Crippen LogP contribution in [0.4, 0.5) is 22.7 Å². The highest BCUT2D eigenvalue weighted by atomic mass is 15.1. The van der Waals surface area contributed by atoms with Gasteiger partial charge in [-0.1, -0.05) is 104 Å². The van der Waals surface area contributed by atoms with Gasteiger partial charge in [0.25, 0.3) is 0 Å². The third-order valence-corrected chi connectivity index (χ3v) is 8.16. The molecule has 2 heterocycles. The van der Waals surface area contributed by atoms with Gasteiger partial charge in [0.15, 0.2) is 0 Å². The minimum absolute atomic E-state index is 0.984. The van der Waals surface area contributed by atoms with Gasteiger partial charge in [0, 0.05) is 41.7 Å². The average Bonchev–Trinajstić information content (AvgIpc) is 3.07. The number of hydrogen-bond donors (Lipinski definition) is 0. The van der Waals surface area contributed by atoms with Gasteiger partial charge in [-0.2, -0.15) is 4.58 Å². The fourth-order valence-electron chi connectivity index (χ4n) is 5.92. The number of fused-ring (bicyclic) bond motifs is 2. The third-order valence-electron chi connectivity index (χ3n) is 8.16. The zero-order valence-corrected chi connectivity index (χ0v) is 24.8. The maximum Gasteiger partial charge on any atom is 0.225 e. The normalized spacial score (nSPS) is 15.5. The monoisotopic (exact) mass is 565 g/mol. The second-order valence-corrected chi connectivity index (χ2v) is 10.9. The molecule has 2 heteroatoms. The van der Waals surface area contributed by atoms with Crippen LogP contribution in [-0.4, -0.2) is 5.71 Å². The Labute approximate surface area is 259 Å². The van der Waals surface area contributed by atoms with Crippen molar-refractivity contribution in [2.75, 3.05) is 4.90 Å². The van der Waals surface area contributed by atoms with Crippen LogP contribution in [0.15, 0.2) is 177 Å². The van der Waals surface area contributed by atoms with Gasteiger partial charge in [-0.05, 0) is 77.2 Å². The van der Waals surface area contributed by atoms with Crippen molar-refractivity contribution in [1.29, 1.82) is 0 Å². The van der Waals surface area contributed by atoms with Gasteiger partial charge in [0.2, 0.25) is 17.1 Å². The van der Waals surface area contributed by atoms with Crippen LogP contribution in [0.1, 0.15) is 18.1 Å². The smallest absolute Gasteiger partial charge is 0.225 e. The number of anilines is 2. The first-order valence-corrected chi connectivity index (χ1v) is 15.0. The maximum absolute atomic E-state index is 4.44. The Morgan fingerprint density at radius 2 is 1.30 bits per heavy atom. The van der Waals surface area contributed by atoms with E-state index < -0.39 is 0 Å². The number of benzene rings is 5. The Morgan fingerprint density at radius 1 is 0.636 bits per heavy atom. The van der Waals surface area contributed by atoms with E-state index in [0.29, 0.717) is 0 Å². The maximum atomic E-state index is 4.44. The number of allylic oxidation sites excluding steroid dienone is 8. The van der Waals surface area contributed by atoms with Gasteiger partial charge in [0.1, 0.15) is 5.56 Å². The Balaban J connectivity index is 1.26. The molecule has 5 aromatic carbocycles. The molecule has 0 atom stereocenters. The Morgan fingerprint density at radius 3 is 2.05 bits per heavy atom. The Kier molecular flexibility index (Phi) is 7.32. The first kappa shape index (κ1) is 27.1. The zero-order chi connectivity index (χ0) is 29.9. The molecule has 2 nitrogen and oxygen atoms in total. The molecule has 0 saturated carbocycles. The van der Waals surface area contributed by atoms with Crippen LogP contribution in [0.2, 0.25) is 0 Å². The molecule has 7 rings (SSSR count). The van der Waals surface area contributed by atoms with E-state index in [9.17, 15) is 0 Å². The van der Waals surface area contributed by atoms with Crippen molar-refractivity contribution in [3.63, 3.8) is 0 Å². The highest BCUT2D eigenvalue weighted by Crippen LogP contribution is 2.40. The lowest BCUT2D eigenvalue weighted by atomic mass is 9.91. The molecular formula is C42H33N2+. The molecular weight excluding hydrogens is 532 g/mol. The lowest BCUT2D eigenvalue weighted by Crippen LogP contribution is -2.27. The summed E-state index contributed by atoms with van der Waals surface area (Å²) in [5.74, 6) is 0. The Bertz CT molecular complexity index is 2000. The van der Waals surface area contributed by atoms with Gasteiger partial charge in [-0.25, -0.2) is 0 Å². The predicted octanol–water partition coefficient (Wildman–Crippen LogP) is 11.0. The van der Waals surface area contributed by atoms with E-state index in [-0.39, 0.29) is 0 Å². The van der Waals surface area contributed by atoms with Gasteiger partial charge in [0.05, 0.1) is 5.69 Å². The highest BCUT2D eigenvalue weighted by molar-refractivity contribution is 6.21. The second-order valence-electron chi connectivity index (χ2n) is 10.9. The molecule has 5 aromatic rings. The second kappa shape index (κ2) is 11.9. The van der Waals surface area contributed by atoms with Gasteiger partial charge < -0.3 is 4.90 Å². The summed E-state index contributed by atoms with van der Waals surface area (Å²) in [5.41, 5.74) is 13.9. The number of nitrogens with zero attached hydrogens (tertiary/aromatic N) is 2. The minimum Gasteiger partial charge on any atom is -0.317 e. The van der Waals surface area contributed by atoms with Crippen molar-refractivity contribution in [2.45, 2.75) is 6.92 Å². The van der Waals surface area contributed by atoms with Crippen molar-refractivity contribution in [2.24, 2.45) is 0 Å². The summed E-state index contributed by atoms with van der Waals surface area (Å²) in [7, 11) is 0. The number of para-hydroxylation sites is 1. The molecule has 0 bridgehead atoms. The summed E-state index contributed by atoms with van der Waals surface area (Å²) in [6.07, 6.45) is 16.8. The average molecular weight is 566 g/mol. The van der Waals surface area contributed by atoms with E-state index in [1.54, 1.807) is 0 Å². The molecule has 2 aliphatic rings. The van der Waals surface area contributed by atoms with E-state index in [2.05, 4.69) is 186 Å². The molecule has 0 aromatic heterocycles. The van der Waals surface area contributed by atoms with Crippen LogP contribution in [-0.2, 0) is 0 Å². The molecule has 0 fully saturated rings. The summed E-state index contributed by atoms with van der Waals surface area (Å²) in [4.78, 5) is 2.25. The van der Waals surface area contributed by atoms with Gasteiger partial charge >= 0.3 is 0 Å². The number of hydrogen-bond acceptors (Lipinski definition) is 1. The van der Waals surface area contributed by atoms with Crippen LogP contribution in [0.5, 0.6) is 0 Å². The van der Waals surface area contributed by atoms with E-state index in [0.717, 1.165) is 22.5 Å². The third kappa shape index (κ3) is 5.08. The molecule has 0 N–H and O–H groups in total. The topological polar surface area (TPSA) is 6.25 Å². The number of rotatable bonds is 6. The first-order valence-electron chi connectivity index (χ1n) is 15.0.